The van der Waals surface area contributed by atoms with Crippen LogP contribution in [0.5, 0.6) is 5.75 Å². The molecule has 0 fully saturated rings. The maximum Gasteiger partial charge on any atom is 0.118 e. The molecule has 0 saturated carbocycles. The van der Waals surface area contributed by atoms with E-state index >= 15 is 0 Å². The Labute approximate surface area is 106 Å². The Hall–Kier alpha value is -1.81. The predicted molar refractivity (Wildman–Crippen MR) is 70.9 cm³/mol. The molecule has 0 saturated heterocycles. The van der Waals surface area contributed by atoms with Crippen LogP contribution < -0.4 is 10.1 Å². The highest BCUT2D eigenvalue weighted by molar-refractivity contribution is 5.65. The third-order valence-corrected chi connectivity index (χ3v) is 3.42. The van der Waals surface area contributed by atoms with Crippen LogP contribution in [-0.4, -0.2) is 30.4 Å². The first-order valence-corrected chi connectivity index (χ1v) is 6.30. The molecule has 0 bridgehead atoms. The fourth-order valence-electron chi connectivity index (χ4n) is 2.42. The molecule has 18 heavy (non-hydrogen) atoms. The van der Waals surface area contributed by atoms with Crippen LogP contribution in [-0.2, 0) is 12.8 Å². The minimum absolute atomic E-state index is 0.877. The van der Waals surface area contributed by atoms with Crippen molar-refractivity contribution in [1.82, 2.24) is 15.5 Å². The number of aromatic amines is 1. The number of hydrogen-bond acceptors (Lipinski definition) is 3. The predicted octanol–water partition coefficient (Wildman–Crippen LogP) is 1.77. The first kappa shape index (κ1) is 11.3. The molecule has 2 heterocycles. The first-order chi connectivity index (χ1) is 8.88. The molecule has 1 aromatic heterocycles. The van der Waals surface area contributed by atoms with Crippen LogP contribution in [0.4, 0.5) is 0 Å². The third-order valence-electron chi connectivity index (χ3n) is 3.42. The molecule has 2 N–H and O–H groups in total. The number of nitrogens with one attached hydrogen (secondary N) is 2. The van der Waals surface area contributed by atoms with Crippen molar-refractivity contribution in [3.63, 3.8) is 0 Å². The molecule has 1 aliphatic heterocycles. The molecule has 94 valence electrons. The van der Waals surface area contributed by atoms with Gasteiger partial charge in [0.25, 0.3) is 0 Å². The van der Waals surface area contributed by atoms with Gasteiger partial charge in [-0.2, -0.15) is 5.10 Å². The molecule has 0 atom stereocenters. The van der Waals surface area contributed by atoms with Gasteiger partial charge < -0.3 is 10.1 Å². The van der Waals surface area contributed by atoms with Crippen LogP contribution >= 0.6 is 0 Å². The molecular weight excluding hydrogens is 226 g/mol. The lowest BCUT2D eigenvalue weighted by Gasteiger charge is -2.04. The summed E-state index contributed by atoms with van der Waals surface area (Å²) < 4.78 is 5.18. The second kappa shape index (κ2) is 4.82. The summed E-state index contributed by atoms with van der Waals surface area (Å²) >= 11 is 0. The Morgan fingerprint density at radius 1 is 1.11 bits per heavy atom. The molecule has 1 aromatic carbocycles. The van der Waals surface area contributed by atoms with Crippen LogP contribution in [0.25, 0.3) is 11.3 Å². The highest BCUT2D eigenvalue weighted by Crippen LogP contribution is 2.27. The summed E-state index contributed by atoms with van der Waals surface area (Å²) in [7, 11) is 1.68. The summed E-state index contributed by atoms with van der Waals surface area (Å²) in [4.78, 5) is 0. The Morgan fingerprint density at radius 2 is 1.89 bits per heavy atom. The highest BCUT2D eigenvalue weighted by Gasteiger charge is 2.16. The topological polar surface area (TPSA) is 49.9 Å². The van der Waals surface area contributed by atoms with E-state index in [9.17, 15) is 0 Å². The molecule has 0 amide bonds. The third kappa shape index (κ3) is 1.99. The average molecular weight is 243 g/mol. The number of nitrogens with zero attached hydrogens (tertiary/aromatic N) is 1. The van der Waals surface area contributed by atoms with Gasteiger partial charge in [-0.15, -0.1) is 0 Å². The van der Waals surface area contributed by atoms with Gasteiger partial charge in [-0.25, -0.2) is 0 Å². The molecule has 1 aliphatic rings. The van der Waals surface area contributed by atoms with E-state index in [0.717, 1.165) is 42.9 Å². The van der Waals surface area contributed by atoms with Crippen molar-refractivity contribution in [3.8, 4) is 17.0 Å². The van der Waals surface area contributed by atoms with Gasteiger partial charge in [0.15, 0.2) is 0 Å². The fourth-order valence-corrected chi connectivity index (χ4v) is 2.42. The van der Waals surface area contributed by atoms with Crippen LogP contribution in [0.3, 0.4) is 0 Å². The van der Waals surface area contributed by atoms with Crippen molar-refractivity contribution in [2.75, 3.05) is 20.2 Å². The molecular formula is C14H17N3O. The summed E-state index contributed by atoms with van der Waals surface area (Å²) in [6, 6.07) is 8.08. The second-order valence-electron chi connectivity index (χ2n) is 4.51. The van der Waals surface area contributed by atoms with Crippen LogP contribution in [0.1, 0.15) is 11.3 Å². The second-order valence-corrected chi connectivity index (χ2v) is 4.51. The number of methoxy groups -OCH3 is 1. The lowest BCUT2D eigenvalue weighted by Crippen LogP contribution is -2.16. The molecule has 2 aromatic rings. The SMILES string of the molecule is COc1ccc(-c2n[nH]c3c2CCNCC3)cc1. The maximum atomic E-state index is 5.18. The Balaban J connectivity index is 1.98. The maximum absolute atomic E-state index is 5.18. The molecule has 0 aliphatic carbocycles. The van der Waals surface area contributed by atoms with Gasteiger partial charge in [0, 0.05) is 29.8 Å². The standard InChI is InChI=1S/C14H17N3O/c1-18-11-4-2-10(3-5-11)14-12-6-8-15-9-7-13(12)16-17-14/h2-5,15H,6-9H2,1H3,(H,16,17). The van der Waals surface area contributed by atoms with E-state index in [4.69, 9.17) is 4.74 Å². The average Bonchev–Trinajstić information content (AvgIpc) is 2.68. The van der Waals surface area contributed by atoms with Gasteiger partial charge in [0.1, 0.15) is 5.75 Å². The number of aromatic nitrogens is 2. The summed E-state index contributed by atoms with van der Waals surface area (Å²) in [5.74, 6) is 0.877. The largest absolute Gasteiger partial charge is 0.497 e. The summed E-state index contributed by atoms with van der Waals surface area (Å²) in [5.41, 5.74) is 4.85. The fraction of sp³-hybridized carbons (Fsp3) is 0.357. The monoisotopic (exact) mass is 243 g/mol. The number of ether oxygens (including phenoxy) is 1. The van der Waals surface area contributed by atoms with Crippen LogP contribution in [0.15, 0.2) is 24.3 Å². The van der Waals surface area contributed by atoms with Crippen molar-refractivity contribution in [2.24, 2.45) is 0 Å². The van der Waals surface area contributed by atoms with E-state index in [1.54, 1.807) is 7.11 Å². The van der Waals surface area contributed by atoms with Crippen molar-refractivity contribution in [1.29, 1.82) is 0 Å². The summed E-state index contributed by atoms with van der Waals surface area (Å²) in [6.45, 7) is 2.05. The van der Waals surface area contributed by atoms with Crippen LogP contribution in [0.2, 0.25) is 0 Å². The molecule has 4 nitrogen and oxygen atoms in total. The number of hydrogen-bond donors (Lipinski definition) is 2. The van der Waals surface area contributed by atoms with E-state index in [-0.39, 0.29) is 0 Å². The zero-order chi connectivity index (χ0) is 12.4. The van der Waals surface area contributed by atoms with Gasteiger partial charge in [0.2, 0.25) is 0 Å². The van der Waals surface area contributed by atoms with Gasteiger partial charge in [0.05, 0.1) is 12.8 Å². The minimum Gasteiger partial charge on any atom is -0.497 e. The van der Waals surface area contributed by atoms with Crippen molar-refractivity contribution in [2.45, 2.75) is 12.8 Å². The Morgan fingerprint density at radius 3 is 2.67 bits per heavy atom. The smallest absolute Gasteiger partial charge is 0.118 e. The Kier molecular flexibility index (Phi) is 3.02. The quantitative estimate of drug-likeness (QED) is 0.845. The number of rotatable bonds is 2. The van der Waals surface area contributed by atoms with E-state index < -0.39 is 0 Å². The number of fused-ring (bicyclic) bond motifs is 1. The first-order valence-electron chi connectivity index (χ1n) is 6.30. The lowest BCUT2D eigenvalue weighted by atomic mass is 10.0. The van der Waals surface area contributed by atoms with E-state index in [2.05, 4.69) is 27.6 Å². The summed E-state index contributed by atoms with van der Waals surface area (Å²) in [5, 5.41) is 11.1. The Bertz CT molecular complexity index is 530. The molecule has 4 heteroatoms. The highest BCUT2D eigenvalue weighted by atomic mass is 16.5. The van der Waals surface area contributed by atoms with Gasteiger partial charge in [-0.05, 0) is 37.2 Å². The van der Waals surface area contributed by atoms with E-state index in [1.807, 2.05) is 12.1 Å². The van der Waals surface area contributed by atoms with Gasteiger partial charge in [-0.1, -0.05) is 0 Å². The number of benzene rings is 1. The number of H-pyrrole nitrogens is 1. The molecule has 0 radical (unpaired) electrons. The van der Waals surface area contributed by atoms with E-state index in [1.165, 1.54) is 11.3 Å². The molecule has 3 rings (SSSR count). The molecule has 0 unspecified atom stereocenters. The van der Waals surface area contributed by atoms with Gasteiger partial charge >= 0.3 is 0 Å². The summed E-state index contributed by atoms with van der Waals surface area (Å²) in [6.07, 6.45) is 2.06. The van der Waals surface area contributed by atoms with E-state index in [0.29, 0.717) is 0 Å². The zero-order valence-electron chi connectivity index (χ0n) is 10.5. The van der Waals surface area contributed by atoms with Crippen molar-refractivity contribution in [3.05, 3.63) is 35.5 Å². The van der Waals surface area contributed by atoms with Gasteiger partial charge in [-0.3, -0.25) is 5.10 Å². The van der Waals surface area contributed by atoms with Crippen molar-refractivity contribution >= 4 is 0 Å². The van der Waals surface area contributed by atoms with Crippen LogP contribution in [0, 0.1) is 0 Å². The minimum atomic E-state index is 0.877. The zero-order valence-corrected chi connectivity index (χ0v) is 10.5. The lowest BCUT2D eigenvalue weighted by molar-refractivity contribution is 0.415. The molecule has 0 spiro atoms. The normalized spacial score (nSPS) is 14.9. The van der Waals surface area contributed by atoms with Crippen molar-refractivity contribution < 1.29 is 4.74 Å².